The zero-order valence-electron chi connectivity index (χ0n) is 17.0. The third-order valence-corrected chi connectivity index (χ3v) is 6.48. The molecule has 1 aliphatic heterocycles. The second kappa shape index (κ2) is 7.28. The largest absolute Gasteiger partial charge is 0.356 e. The summed E-state index contributed by atoms with van der Waals surface area (Å²) in [4.78, 5) is 17.4. The van der Waals surface area contributed by atoms with Crippen molar-refractivity contribution in [1.29, 1.82) is 0 Å². The van der Waals surface area contributed by atoms with Gasteiger partial charge in [-0.25, -0.2) is 0 Å². The van der Waals surface area contributed by atoms with Crippen LogP contribution in [0.15, 0.2) is 24.4 Å². The highest BCUT2D eigenvalue weighted by molar-refractivity contribution is 5.89. The molecule has 1 aromatic carbocycles. The first-order valence-electron chi connectivity index (χ1n) is 10.1. The number of aryl methyl sites for hydroxylation is 1. The normalized spacial score (nSPS) is 25.0. The van der Waals surface area contributed by atoms with Gasteiger partial charge in [0.05, 0.1) is 5.92 Å². The van der Waals surface area contributed by atoms with Gasteiger partial charge in [-0.2, -0.15) is 0 Å². The van der Waals surface area contributed by atoms with Crippen LogP contribution >= 0.6 is 0 Å². The third kappa shape index (κ3) is 3.39. The molecule has 2 heterocycles. The lowest BCUT2D eigenvalue weighted by molar-refractivity contribution is -0.127. The fourth-order valence-corrected chi connectivity index (χ4v) is 5.16. The van der Waals surface area contributed by atoms with Crippen molar-refractivity contribution in [1.82, 2.24) is 19.7 Å². The van der Waals surface area contributed by atoms with Crippen LogP contribution < -0.4 is 5.32 Å². The number of carbonyl (C=O) groups is 1. The topological polar surface area (TPSA) is 40.5 Å². The van der Waals surface area contributed by atoms with Gasteiger partial charge in [-0.1, -0.05) is 12.1 Å². The van der Waals surface area contributed by atoms with Gasteiger partial charge < -0.3 is 19.7 Å². The maximum absolute atomic E-state index is 12.8. The van der Waals surface area contributed by atoms with E-state index in [1.54, 1.807) is 0 Å². The number of amides is 1. The Kier molecular flexibility index (Phi) is 4.99. The van der Waals surface area contributed by atoms with E-state index >= 15 is 0 Å². The van der Waals surface area contributed by atoms with Crippen molar-refractivity contribution in [2.75, 3.05) is 40.8 Å². The van der Waals surface area contributed by atoms with E-state index in [0.717, 1.165) is 38.9 Å². The molecular formula is C22H32N4O. The Morgan fingerprint density at radius 3 is 2.89 bits per heavy atom. The lowest BCUT2D eigenvalue weighted by Gasteiger charge is -2.45. The van der Waals surface area contributed by atoms with Gasteiger partial charge >= 0.3 is 0 Å². The Bertz CT molecular complexity index is 840. The van der Waals surface area contributed by atoms with E-state index in [-0.39, 0.29) is 11.8 Å². The summed E-state index contributed by atoms with van der Waals surface area (Å²) in [6, 6.07) is 7.18. The van der Waals surface area contributed by atoms with Gasteiger partial charge in [-0.15, -0.1) is 0 Å². The number of piperidine rings is 1. The fraction of sp³-hybridized carbons (Fsp3) is 0.591. The van der Waals surface area contributed by atoms with Crippen molar-refractivity contribution in [3.63, 3.8) is 0 Å². The first kappa shape index (κ1) is 18.5. The molecule has 5 nitrogen and oxygen atoms in total. The van der Waals surface area contributed by atoms with Crippen molar-refractivity contribution in [2.24, 2.45) is 13.0 Å². The number of likely N-dealkylation sites (tertiary alicyclic amines) is 1. The maximum Gasteiger partial charge on any atom is 0.224 e. The van der Waals surface area contributed by atoms with Crippen molar-refractivity contribution in [3.8, 4) is 0 Å². The van der Waals surface area contributed by atoms with Gasteiger partial charge in [-0.05, 0) is 64.1 Å². The molecule has 1 fully saturated rings. The number of nitrogens with zero attached hydrogens (tertiary/aromatic N) is 3. The molecular weight excluding hydrogens is 336 g/mol. The third-order valence-electron chi connectivity index (χ3n) is 6.48. The molecule has 1 amide bonds. The van der Waals surface area contributed by atoms with E-state index < -0.39 is 0 Å². The van der Waals surface area contributed by atoms with Crippen LogP contribution in [0.1, 0.15) is 29.9 Å². The molecule has 0 bridgehead atoms. The van der Waals surface area contributed by atoms with Crippen LogP contribution in [0, 0.1) is 5.92 Å². The number of nitrogens with one attached hydrogen (secondary N) is 1. The van der Waals surface area contributed by atoms with Crippen LogP contribution in [0.3, 0.4) is 0 Å². The molecule has 0 unspecified atom stereocenters. The van der Waals surface area contributed by atoms with Crippen molar-refractivity contribution in [3.05, 3.63) is 35.5 Å². The minimum Gasteiger partial charge on any atom is -0.356 e. The summed E-state index contributed by atoms with van der Waals surface area (Å²) < 4.78 is 2.25. The van der Waals surface area contributed by atoms with E-state index in [1.165, 1.54) is 22.0 Å². The molecule has 1 N–H and O–H groups in total. The van der Waals surface area contributed by atoms with Crippen LogP contribution in [-0.2, 0) is 18.3 Å². The quantitative estimate of drug-likeness (QED) is 0.823. The van der Waals surface area contributed by atoms with Crippen molar-refractivity contribution in [2.45, 2.75) is 31.2 Å². The average molecular weight is 369 g/mol. The van der Waals surface area contributed by atoms with Gasteiger partial charge in [0.1, 0.15) is 0 Å². The standard InChI is InChI=1S/C22H32N4O/c1-24(2)10-6-9-23-22(27)16-11-18-17-7-5-8-19-21(17)15(13-25(19)3)12-20(18)26(4)14-16/h5,7-8,13,16,18,20H,6,9-12,14H2,1-4H3,(H,23,27)/t16-,18-,20-/m1/s1. The molecule has 4 rings (SSSR count). The Morgan fingerprint density at radius 1 is 1.30 bits per heavy atom. The van der Waals surface area contributed by atoms with Crippen molar-refractivity contribution >= 4 is 16.8 Å². The molecule has 1 saturated heterocycles. The number of rotatable bonds is 5. The second-order valence-corrected chi connectivity index (χ2v) is 8.70. The summed E-state index contributed by atoms with van der Waals surface area (Å²) in [5.74, 6) is 0.751. The number of hydrogen-bond acceptors (Lipinski definition) is 3. The molecule has 27 heavy (non-hydrogen) atoms. The highest BCUT2D eigenvalue weighted by atomic mass is 16.1. The smallest absolute Gasteiger partial charge is 0.224 e. The van der Waals surface area contributed by atoms with Gasteiger partial charge in [0.15, 0.2) is 0 Å². The van der Waals surface area contributed by atoms with Crippen molar-refractivity contribution < 1.29 is 4.79 Å². The van der Waals surface area contributed by atoms with Crippen LogP contribution in [-0.4, -0.2) is 67.1 Å². The minimum absolute atomic E-state index is 0.0797. The molecule has 0 spiro atoms. The molecule has 1 aromatic heterocycles. The summed E-state index contributed by atoms with van der Waals surface area (Å²) in [6.45, 7) is 2.64. The number of benzene rings is 1. The van der Waals surface area contributed by atoms with Crippen LogP contribution in [0.5, 0.6) is 0 Å². The second-order valence-electron chi connectivity index (χ2n) is 8.70. The predicted octanol–water partition coefficient (Wildman–Crippen LogP) is 2.21. The zero-order valence-corrected chi connectivity index (χ0v) is 17.0. The molecule has 146 valence electrons. The number of carbonyl (C=O) groups excluding carboxylic acids is 1. The molecule has 3 atom stereocenters. The zero-order chi connectivity index (χ0) is 19.1. The first-order chi connectivity index (χ1) is 13.0. The molecule has 1 aliphatic carbocycles. The Hall–Kier alpha value is -1.85. The van der Waals surface area contributed by atoms with E-state index in [0.29, 0.717) is 12.0 Å². The Balaban J connectivity index is 1.52. The number of hydrogen-bond donors (Lipinski definition) is 1. The Labute approximate surface area is 162 Å². The summed E-state index contributed by atoms with van der Waals surface area (Å²) in [5, 5.41) is 4.61. The van der Waals surface area contributed by atoms with Gasteiger partial charge in [0, 0.05) is 49.2 Å². The van der Waals surface area contributed by atoms with Crippen LogP contribution in [0.2, 0.25) is 0 Å². The summed E-state index contributed by atoms with van der Waals surface area (Å²) >= 11 is 0. The van der Waals surface area contributed by atoms with E-state index in [9.17, 15) is 4.79 Å². The predicted molar refractivity (Wildman–Crippen MR) is 110 cm³/mol. The number of likely N-dealkylation sites (N-methyl/N-ethyl adjacent to an activating group) is 1. The molecule has 2 aromatic rings. The monoisotopic (exact) mass is 368 g/mol. The summed E-state index contributed by atoms with van der Waals surface area (Å²) in [5.41, 5.74) is 4.22. The molecule has 0 radical (unpaired) electrons. The SMILES string of the molecule is CN(C)CCCNC(=O)[C@@H]1C[C@@H]2c3cccc4c3c(cn4C)C[C@H]2N(C)C1. The Morgan fingerprint density at radius 2 is 2.11 bits per heavy atom. The highest BCUT2D eigenvalue weighted by Crippen LogP contribution is 2.44. The maximum atomic E-state index is 12.8. The van der Waals surface area contributed by atoms with Crippen LogP contribution in [0.4, 0.5) is 0 Å². The molecule has 5 heteroatoms. The van der Waals surface area contributed by atoms with E-state index in [2.05, 4.69) is 72.3 Å². The molecule has 2 aliphatic rings. The highest BCUT2D eigenvalue weighted by Gasteiger charge is 2.41. The minimum atomic E-state index is 0.0797. The first-order valence-corrected chi connectivity index (χ1v) is 10.1. The van der Waals surface area contributed by atoms with Gasteiger partial charge in [-0.3, -0.25) is 4.79 Å². The average Bonchev–Trinajstić information content (AvgIpc) is 2.96. The summed E-state index contributed by atoms with van der Waals surface area (Å²) in [7, 11) is 8.47. The lowest BCUT2D eigenvalue weighted by Crippen LogP contribution is -2.51. The summed E-state index contributed by atoms with van der Waals surface area (Å²) in [6.07, 6.45) is 5.34. The van der Waals surface area contributed by atoms with Gasteiger partial charge in [0.2, 0.25) is 5.91 Å². The fourth-order valence-electron chi connectivity index (χ4n) is 5.16. The lowest BCUT2D eigenvalue weighted by atomic mass is 9.72. The van der Waals surface area contributed by atoms with Gasteiger partial charge in [0.25, 0.3) is 0 Å². The molecule has 0 saturated carbocycles. The van der Waals surface area contributed by atoms with Crippen LogP contribution in [0.25, 0.3) is 10.9 Å². The van der Waals surface area contributed by atoms with E-state index in [1.807, 2.05) is 0 Å². The van der Waals surface area contributed by atoms with E-state index in [4.69, 9.17) is 0 Å². The number of aromatic nitrogens is 1. The number of fused-ring (bicyclic) bond motifs is 2.